The van der Waals surface area contributed by atoms with Gasteiger partial charge in [0.2, 0.25) is 0 Å². The first-order valence-electron chi connectivity index (χ1n) is 5.19. The molecule has 0 spiro atoms. The summed E-state index contributed by atoms with van der Waals surface area (Å²) in [7, 11) is 0. The second-order valence-electron chi connectivity index (χ2n) is 3.64. The van der Waals surface area contributed by atoms with E-state index < -0.39 is 0 Å². The SMILES string of the molecule is CCCC(N)=NCC1CCOCC1. The van der Waals surface area contributed by atoms with E-state index in [0.717, 1.165) is 51.3 Å². The maximum Gasteiger partial charge on any atom is 0.0937 e. The minimum absolute atomic E-state index is 0.698. The van der Waals surface area contributed by atoms with Crippen molar-refractivity contribution >= 4 is 5.84 Å². The average molecular weight is 184 g/mol. The summed E-state index contributed by atoms with van der Waals surface area (Å²) in [4.78, 5) is 4.38. The van der Waals surface area contributed by atoms with E-state index in [1.807, 2.05) is 0 Å². The van der Waals surface area contributed by atoms with Crippen LogP contribution in [-0.2, 0) is 4.74 Å². The molecule has 0 bridgehead atoms. The number of amidine groups is 1. The Morgan fingerprint density at radius 3 is 2.77 bits per heavy atom. The smallest absolute Gasteiger partial charge is 0.0937 e. The van der Waals surface area contributed by atoms with Crippen LogP contribution in [0.4, 0.5) is 0 Å². The maximum absolute atomic E-state index is 5.72. The summed E-state index contributed by atoms with van der Waals surface area (Å²) in [6, 6.07) is 0. The van der Waals surface area contributed by atoms with Crippen molar-refractivity contribution in [2.45, 2.75) is 32.6 Å². The largest absolute Gasteiger partial charge is 0.387 e. The maximum atomic E-state index is 5.72. The first kappa shape index (κ1) is 10.5. The molecule has 1 saturated heterocycles. The lowest BCUT2D eigenvalue weighted by Gasteiger charge is -2.20. The third-order valence-corrected chi connectivity index (χ3v) is 2.40. The fourth-order valence-corrected chi connectivity index (χ4v) is 1.51. The molecule has 1 rings (SSSR count). The molecule has 1 heterocycles. The summed E-state index contributed by atoms with van der Waals surface area (Å²) in [5, 5.41) is 0. The van der Waals surface area contributed by atoms with Crippen molar-refractivity contribution in [3.8, 4) is 0 Å². The first-order chi connectivity index (χ1) is 6.33. The van der Waals surface area contributed by atoms with Crippen LogP contribution >= 0.6 is 0 Å². The lowest BCUT2D eigenvalue weighted by atomic mass is 10.0. The first-order valence-corrected chi connectivity index (χ1v) is 5.19. The summed E-state index contributed by atoms with van der Waals surface area (Å²) in [6.07, 6.45) is 4.30. The molecule has 1 fully saturated rings. The van der Waals surface area contributed by atoms with Crippen LogP contribution in [0.5, 0.6) is 0 Å². The van der Waals surface area contributed by atoms with Crippen LogP contribution in [0.2, 0.25) is 0 Å². The average Bonchev–Trinajstić information content (AvgIpc) is 2.17. The summed E-state index contributed by atoms with van der Waals surface area (Å²) in [5.41, 5.74) is 5.72. The normalized spacial score (nSPS) is 20.5. The van der Waals surface area contributed by atoms with Crippen molar-refractivity contribution in [1.29, 1.82) is 0 Å². The van der Waals surface area contributed by atoms with Crippen LogP contribution < -0.4 is 5.73 Å². The van der Waals surface area contributed by atoms with E-state index >= 15 is 0 Å². The van der Waals surface area contributed by atoms with E-state index in [2.05, 4.69) is 11.9 Å². The van der Waals surface area contributed by atoms with Gasteiger partial charge < -0.3 is 10.5 Å². The molecule has 0 atom stereocenters. The number of aliphatic imine (C=N–C) groups is 1. The number of rotatable bonds is 4. The molecule has 13 heavy (non-hydrogen) atoms. The molecule has 0 aromatic heterocycles. The molecule has 3 heteroatoms. The minimum Gasteiger partial charge on any atom is -0.387 e. The van der Waals surface area contributed by atoms with E-state index in [9.17, 15) is 0 Å². The molecule has 1 aliphatic rings. The van der Waals surface area contributed by atoms with E-state index in [0.29, 0.717) is 5.92 Å². The van der Waals surface area contributed by atoms with E-state index in [-0.39, 0.29) is 0 Å². The van der Waals surface area contributed by atoms with Crippen LogP contribution in [0.15, 0.2) is 4.99 Å². The van der Waals surface area contributed by atoms with Gasteiger partial charge in [-0.15, -0.1) is 0 Å². The molecule has 0 radical (unpaired) electrons. The topological polar surface area (TPSA) is 47.6 Å². The van der Waals surface area contributed by atoms with Crippen LogP contribution in [0.3, 0.4) is 0 Å². The zero-order valence-electron chi connectivity index (χ0n) is 8.46. The van der Waals surface area contributed by atoms with Gasteiger partial charge in [-0.2, -0.15) is 0 Å². The van der Waals surface area contributed by atoms with Gasteiger partial charge in [-0.25, -0.2) is 0 Å². The highest BCUT2D eigenvalue weighted by Gasteiger charge is 2.12. The minimum atomic E-state index is 0.698. The Balaban J connectivity index is 2.19. The number of ether oxygens (including phenoxy) is 1. The van der Waals surface area contributed by atoms with Crippen LogP contribution in [0.1, 0.15) is 32.6 Å². The lowest BCUT2D eigenvalue weighted by molar-refractivity contribution is 0.0689. The van der Waals surface area contributed by atoms with Crippen LogP contribution in [-0.4, -0.2) is 25.6 Å². The van der Waals surface area contributed by atoms with Crippen LogP contribution in [0, 0.1) is 5.92 Å². The van der Waals surface area contributed by atoms with Gasteiger partial charge in [-0.1, -0.05) is 6.92 Å². The van der Waals surface area contributed by atoms with Crippen molar-refractivity contribution in [1.82, 2.24) is 0 Å². The Morgan fingerprint density at radius 1 is 1.46 bits per heavy atom. The fraction of sp³-hybridized carbons (Fsp3) is 0.900. The molecular weight excluding hydrogens is 164 g/mol. The zero-order chi connectivity index (χ0) is 9.52. The number of nitrogens with two attached hydrogens (primary N) is 1. The standard InChI is InChI=1S/C10H20N2O/c1-2-3-10(11)12-8-9-4-6-13-7-5-9/h9H,2-8H2,1H3,(H2,11,12). The van der Waals surface area contributed by atoms with E-state index in [4.69, 9.17) is 10.5 Å². The number of hydrogen-bond acceptors (Lipinski definition) is 2. The predicted octanol–water partition coefficient (Wildman–Crippen LogP) is 1.57. The Hall–Kier alpha value is -0.570. The summed E-state index contributed by atoms with van der Waals surface area (Å²) in [6.45, 7) is 4.81. The highest BCUT2D eigenvalue weighted by atomic mass is 16.5. The third kappa shape index (κ3) is 4.27. The molecule has 0 saturated carbocycles. The van der Waals surface area contributed by atoms with Gasteiger partial charge in [-0.3, -0.25) is 4.99 Å². The molecule has 3 nitrogen and oxygen atoms in total. The number of nitrogens with zero attached hydrogens (tertiary/aromatic N) is 1. The van der Waals surface area contributed by atoms with Crippen molar-refractivity contribution < 1.29 is 4.74 Å². The van der Waals surface area contributed by atoms with Gasteiger partial charge in [0, 0.05) is 26.2 Å². The predicted molar refractivity (Wildman–Crippen MR) is 54.9 cm³/mol. The molecule has 2 N–H and O–H groups in total. The van der Waals surface area contributed by atoms with Gasteiger partial charge in [0.15, 0.2) is 0 Å². The molecule has 0 aliphatic carbocycles. The third-order valence-electron chi connectivity index (χ3n) is 2.40. The fourth-order valence-electron chi connectivity index (χ4n) is 1.51. The Bertz CT molecular complexity index is 162. The molecule has 1 aliphatic heterocycles. The molecular formula is C10H20N2O. The number of hydrogen-bond donors (Lipinski definition) is 1. The van der Waals surface area contributed by atoms with Gasteiger partial charge >= 0.3 is 0 Å². The van der Waals surface area contributed by atoms with Crippen molar-refractivity contribution in [3.63, 3.8) is 0 Å². The Labute approximate surface area is 80.4 Å². The van der Waals surface area contributed by atoms with E-state index in [1.54, 1.807) is 0 Å². The molecule has 76 valence electrons. The van der Waals surface area contributed by atoms with Crippen molar-refractivity contribution in [2.24, 2.45) is 16.6 Å². The van der Waals surface area contributed by atoms with Crippen molar-refractivity contribution in [3.05, 3.63) is 0 Å². The highest BCUT2D eigenvalue weighted by Crippen LogP contribution is 2.14. The van der Waals surface area contributed by atoms with Gasteiger partial charge in [0.25, 0.3) is 0 Å². The molecule has 0 aromatic carbocycles. The van der Waals surface area contributed by atoms with Crippen molar-refractivity contribution in [2.75, 3.05) is 19.8 Å². The zero-order valence-corrected chi connectivity index (χ0v) is 8.46. The summed E-state index contributed by atoms with van der Waals surface area (Å²) in [5.74, 6) is 1.51. The van der Waals surface area contributed by atoms with Gasteiger partial charge in [0.1, 0.15) is 0 Å². The second-order valence-corrected chi connectivity index (χ2v) is 3.64. The second kappa shape index (κ2) is 5.97. The summed E-state index contributed by atoms with van der Waals surface area (Å²) >= 11 is 0. The van der Waals surface area contributed by atoms with Gasteiger partial charge in [0.05, 0.1) is 5.84 Å². The van der Waals surface area contributed by atoms with Gasteiger partial charge in [-0.05, 0) is 25.2 Å². The highest BCUT2D eigenvalue weighted by molar-refractivity contribution is 5.80. The molecule has 0 unspecified atom stereocenters. The Kier molecular flexibility index (Phi) is 4.83. The summed E-state index contributed by atoms with van der Waals surface area (Å²) < 4.78 is 5.27. The monoisotopic (exact) mass is 184 g/mol. The van der Waals surface area contributed by atoms with E-state index in [1.165, 1.54) is 0 Å². The van der Waals surface area contributed by atoms with Crippen LogP contribution in [0.25, 0.3) is 0 Å². The lowest BCUT2D eigenvalue weighted by Crippen LogP contribution is -2.20. The molecule has 0 aromatic rings. The Morgan fingerprint density at radius 2 is 2.15 bits per heavy atom. The quantitative estimate of drug-likeness (QED) is 0.532. The molecule has 0 amide bonds.